The van der Waals surface area contributed by atoms with Crippen molar-refractivity contribution in [3.8, 4) is 5.75 Å². The first-order chi connectivity index (χ1) is 10.1. The number of carbonyl (C=O) groups excluding carboxylic acids is 1. The number of benzene rings is 1. The molecule has 2 rings (SSSR count). The largest absolute Gasteiger partial charge is 0.494 e. The summed E-state index contributed by atoms with van der Waals surface area (Å²) in [4.78, 5) is 16.5. The number of carbonyl (C=O) groups is 1. The first-order valence-electron chi connectivity index (χ1n) is 7.19. The zero-order valence-electron chi connectivity index (χ0n) is 12.6. The van der Waals surface area contributed by atoms with Gasteiger partial charge in [0.05, 0.1) is 16.8 Å². The number of thiazole rings is 1. The molecule has 1 aromatic heterocycles. The summed E-state index contributed by atoms with van der Waals surface area (Å²) in [5.41, 5.74) is 0.873. The van der Waals surface area contributed by atoms with Crippen LogP contribution in [-0.4, -0.2) is 30.6 Å². The molecule has 21 heavy (non-hydrogen) atoms. The Morgan fingerprint density at radius 1 is 1.43 bits per heavy atom. The van der Waals surface area contributed by atoms with Gasteiger partial charge in [0.2, 0.25) is 5.91 Å². The molecule has 0 saturated carbocycles. The van der Waals surface area contributed by atoms with Crippen LogP contribution < -0.4 is 15.4 Å². The Hall–Kier alpha value is -1.66. The number of hydrogen-bond acceptors (Lipinski definition) is 5. The molecule has 0 spiro atoms. The van der Waals surface area contributed by atoms with Crippen molar-refractivity contribution in [3.05, 3.63) is 18.2 Å². The Balaban J connectivity index is 2.06. The lowest BCUT2D eigenvalue weighted by atomic mass is 10.1. The number of rotatable bonds is 7. The second kappa shape index (κ2) is 7.38. The SMILES string of the molecule is CCNCC(C)C(=O)Nc1nc2ccc(OCC)cc2s1. The summed E-state index contributed by atoms with van der Waals surface area (Å²) >= 11 is 1.46. The lowest BCUT2D eigenvalue weighted by Gasteiger charge is -2.10. The normalized spacial score (nSPS) is 12.3. The smallest absolute Gasteiger partial charge is 0.230 e. The van der Waals surface area contributed by atoms with Gasteiger partial charge in [0, 0.05) is 12.5 Å². The van der Waals surface area contributed by atoms with Gasteiger partial charge in [-0.05, 0) is 31.7 Å². The third-order valence-electron chi connectivity index (χ3n) is 3.05. The molecule has 0 aliphatic heterocycles. The zero-order chi connectivity index (χ0) is 15.2. The highest BCUT2D eigenvalue weighted by Gasteiger charge is 2.14. The first-order valence-corrected chi connectivity index (χ1v) is 8.00. The van der Waals surface area contributed by atoms with E-state index in [0.717, 1.165) is 22.5 Å². The van der Waals surface area contributed by atoms with E-state index >= 15 is 0 Å². The molecule has 114 valence electrons. The van der Waals surface area contributed by atoms with Gasteiger partial charge >= 0.3 is 0 Å². The highest BCUT2D eigenvalue weighted by Crippen LogP contribution is 2.29. The predicted molar refractivity (Wildman–Crippen MR) is 87.1 cm³/mol. The molecule has 5 nitrogen and oxygen atoms in total. The van der Waals surface area contributed by atoms with Gasteiger partial charge in [0.15, 0.2) is 5.13 Å². The number of anilines is 1. The van der Waals surface area contributed by atoms with Gasteiger partial charge in [-0.3, -0.25) is 4.79 Å². The molecule has 0 aliphatic rings. The van der Waals surface area contributed by atoms with Crippen LogP contribution >= 0.6 is 11.3 Å². The molecular weight excluding hydrogens is 286 g/mol. The van der Waals surface area contributed by atoms with E-state index < -0.39 is 0 Å². The number of nitrogens with one attached hydrogen (secondary N) is 2. The molecule has 1 heterocycles. The van der Waals surface area contributed by atoms with Crippen LogP contribution in [0.1, 0.15) is 20.8 Å². The molecule has 1 atom stereocenters. The Morgan fingerprint density at radius 3 is 2.95 bits per heavy atom. The highest BCUT2D eigenvalue weighted by atomic mass is 32.1. The van der Waals surface area contributed by atoms with E-state index in [9.17, 15) is 4.79 Å². The van der Waals surface area contributed by atoms with Crippen LogP contribution in [0.5, 0.6) is 5.75 Å². The van der Waals surface area contributed by atoms with Crippen molar-refractivity contribution in [2.75, 3.05) is 25.0 Å². The molecule has 0 aliphatic carbocycles. The standard InChI is InChI=1S/C15H21N3O2S/c1-4-16-9-10(3)14(19)18-15-17-12-7-6-11(20-5-2)8-13(12)21-15/h6-8,10,16H,4-5,9H2,1-3H3,(H,17,18,19). The van der Waals surface area contributed by atoms with E-state index in [2.05, 4.69) is 15.6 Å². The van der Waals surface area contributed by atoms with Gasteiger partial charge in [0.1, 0.15) is 5.75 Å². The fourth-order valence-corrected chi connectivity index (χ4v) is 2.79. The van der Waals surface area contributed by atoms with E-state index in [4.69, 9.17) is 4.74 Å². The van der Waals surface area contributed by atoms with Gasteiger partial charge in [-0.15, -0.1) is 0 Å². The van der Waals surface area contributed by atoms with Gasteiger partial charge < -0.3 is 15.4 Å². The minimum absolute atomic E-state index is 0.0139. The molecule has 0 radical (unpaired) electrons. The minimum Gasteiger partial charge on any atom is -0.494 e. The van der Waals surface area contributed by atoms with Crippen LogP contribution in [0.25, 0.3) is 10.2 Å². The summed E-state index contributed by atoms with van der Waals surface area (Å²) < 4.78 is 6.48. The number of amides is 1. The maximum Gasteiger partial charge on any atom is 0.230 e. The minimum atomic E-state index is -0.0871. The molecular formula is C15H21N3O2S. The van der Waals surface area contributed by atoms with E-state index in [1.54, 1.807) is 0 Å². The zero-order valence-corrected chi connectivity index (χ0v) is 13.4. The number of ether oxygens (including phenoxy) is 1. The van der Waals surface area contributed by atoms with Gasteiger partial charge in [-0.1, -0.05) is 25.2 Å². The van der Waals surface area contributed by atoms with Gasteiger partial charge in [-0.25, -0.2) is 4.98 Å². The Labute approximate surface area is 128 Å². The van der Waals surface area contributed by atoms with Crippen molar-refractivity contribution in [1.29, 1.82) is 0 Å². The molecule has 2 aromatic rings. The predicted octanol–water partition coefficient (Wildman–Crippen LogP) is 2.88. The topological polar surface area (TPSA) is 63.2 Å². The van der Waals surface area contributed by atoms with Gasteiger partial charge in [-0.2, -0.15) is 0 Å². The number of fused-ring (bicyclic) bond motifs is 1. The van der Waals surface area contributed by atoms with Crippen molar-refractivity contribution >= 4 is 32.6 Å². The maximum absolute atomic E-state index is 12.1. The summed E-state index contributed by atoms with van der Waals surface area (Å²) in [6, 6.07) is 5.76. The summed E-state index contributed by atoms with van der Waals surface area (Å²) in [5.74, 6) is 0.725. The Morgan fingerprint density at radius 2 is 2.24 bits per heavy atom. The monoisotopic (exact) mass is 307 g/mol. The van der Waals surface area contributed by atoms with Crippen molar-refractivity contribution in [1.82, 2.24) is 10.3 Å². The molecule has 6 heteroatoms. The van der Waals surface area contributed by atoms with E-state index in [1.807, 2.05) is 39.0 Å². The molecule has 2 N–H and O–H groups in total. The van der Waals surface area contributed by atoms with Crippen LogP contribution in [-0.2, 0) is 4.79 Å². The summed E-state index contributed by atoms with van der Waals surface area (Å²) in [6.45, 7) is 8.04. The van der Waals surface area contributed by atoms with E-state index in [0.29, 0.717) is 18.3 Å². The average Bonchev–Trinajstić information content (AvgIpc) is 2.86. The van der Waals surface area contributed by atoms with Crippen molar-refractivity contribution < 1.29 is 9.53 Å². The summed E-state index contributed by atoms with van der Waals surface area (Å²) in [6.07, 6.45) is 0. The Kier molecular flexibility index (Phi) is 5.52. The molecule has 1 amide bonds. The third kappa shape index (κ3) is 4.15. The quantitative estimate of drug-likeness (QED) is 0.825. The number of hydrogen-bond donors (Lipinski definition) is 2. The number of aromatic nitrogens is 1. The highest BCUT2D eigenvalue weighted by molar-refractivity contribution is 7.22. The van der Waals surface area contributed by atoms with Crippen molar-refractivity contribution in [3.63, 3.8) is 0 Å². The van der Waals surface area contributed by atoms with Crippen LogP contribution in [0.15, 0.2) is 18.2 Å². The van der Waals surface area contributed by atoms with Crippen molar-refractivity contribution in [2.45, 2.75) is 20.8 Å². The molecule has 1 aromatic carbocycles. The summed E-state index contributed by atoms with van der Waals surface area (Å²) in [7, 11) is 0. The average molecular weight is 307 g/mol. The first kappa shape index (κ1) is 15.7. The van der Waals surface area contributed by atoms with Crippen molar-refractivity contribution in [2.24, 2.45) is 5.92 Å². The number of nitrogens with zero attached hydrogens (tertiary/aromatic N) is 1. The molecule has 0 bridgehead atoms. The lowest BCUT2D eigenvalue weighted by Crippen LogP contribution is -2.30. The maximum atomic E-state index is 12.1. The third-order valence-corrected chi connectivity index (χ3v) is 3.98. The van der Waals surface area contributed by atoms with Gasteiger partial charge in [0.25, 0.3) is 0 Å². The molecule has 0 fully saturated rings. The second-order valence-corrected chi connectivity index (χ2v) is 5.81. The van der Waals surface area contributed by atoms with E-state index in [-0.39, 0.29) is 11.8 Å². The van der Waals surface area contributed by atoms with E-state index in [1.165, 1.54) is 11.3 Å². The van der Waals surface area contributed by atoms with Crippen LogP contribution in [0.3, 0.4) is 0 Å². The fourth-order valence-electron chi connectivity index (χ4n) is 1.90. The van der Waals surface area contributed by atoms with Crippen LogP contribution in [0.4, 0.5) is 5.13 Å². The lowest BCUT2D eigenvalue weighted by molar-refractivity contribution is -0.119. The van der Waals surface area contributed by atoms with Crippen LogP contribution in [0, 0.1) is 5.92 Å². The second-order valence-electron chi connectivity index (χ2n) is 4.78. The molecule has 1 unspecified atom stereocenters. The van der Waals surface area contributed by atoms with Crippen LogP contribution in [0.2, 0.25) is 0 Å². The summed E-state index contributed by atoms with van der Waals surface area (Å²) in [5, 5.41) is 6.68. The molecule has 0 saturated heterocycles. The Bertz CT molecular complexity index is 612. The fraction of sp³-hybridized carbons (Fsp3) is 0.467.